The van der Waals surface area contributed by atoms with E-state index < -0.39 is 0 Å². The van der Waals surface area contributed by atoms with Crippen LogP contribution < -0.4 is 5.32 Å². The highest BCUT2D eigenvalue weighted by Crippen LogP contribution is 2.24. The van der Waals surface area contributed by atoms with E-state index in [4.69, 9.17) is 0 Å². The lowest BCUT2D eigenvalue weighted by Crippen LogP contribution is -2.45. The van der Waals surface area contributed by atoms with Crippen LogP contribution in [0.15, 0.2) is 60.9 Å². The number of nitrogens with one attached hydrogen (secondary N) is 1. The van der Waals surface area contributed by atoms with Crippen molar-refractivity contribution >= 4 is 12.4 Å². The molecule has 2 heterocycles. The second-order valence-electron chi connectivity index (χ2n) is 6.92. The lowest BCUT2D eigenvalue weighted by Gasteiger charge is -2.36. The summed E-state index contributed by atoms with van der Waals surface area (Å²) in [6.45, 7) is 3.97. The van der Waals surface area contributed by atoms with Gasteiger partial charge in [-0.1, -0.05) is 24.3 Å². The van der Waals surface area contributed by atoms with Crippen molar-refractivity contribution in [3.63, 3.8) is 0 Å². The molecule has 3 aromatic rings. The second kappa shape index (κ2) is 9.28. The van der Waals surface area contributed by atoms with Crippen molar-refractivity contribution in [2.24, 2.45) is 0 Å². The van der Waals surface area contributed by atoms with E-state index in [2.05, 4.69) is 15.3 Å². The third-order valence-electron chi connectivity index (χ3n) is 4.92. The van der Waals surface area contributed by atoms with Crippen LogP contribution in [0, 0.1) is 11.6 Å². The van der Waals surface area contributed by atoms with Crippen LogP contribution in [0.3, 0.4) is 0 Å². The van der Waals surface area contributed by atoms with E-state index in [1.165, 1.54) is 18.2 Å². The zero-order valence-electron chi connectivity index (χ0n) is 15.4. The third kappa shape index (κ3) is 4.95. The highest BCUT2D eigenvalue weighted by Gasteiger charge is 2.24. The smallest absolute Gasteiger partial charge is 0.123 e. The summed E-state index contributed by atoms with van der Waals surface area (Å²) in [5, 5.41) is 7.83. The molecule has 4 nitrogen and oxygen atoms in total. The van der Waals surface area contributed by atoms with Crippen LogP contribution in [-0.4, -0.2) is 34.3 Å². The van der Waals surface area contributed by atoms with E-state index in [1.54, 1.807) is 24.3 Å². The van der Waals surface area contributed by atoms with Crippen molar-refractivity contribution in [1.82, 2.24) is 20.0 Å². The van der Waals surface area contributed by atoms with Gasteiger partial charge >= 0.3 is 0 Å². The summed E-state index contributed by atoms with van der Waals surface area (Å²) >= 11 is 0. The quantitative estimate of drug-likeness (QED) is 0.702. The first kappa shape index (κ1) is 20.5. The maximum absolute atomic E-state index is 13.6. The number of benzene rings is 2. The molecule has 4 rings (SSSR count). The molecule has 7 heteroatoms. The van der Waals surface area contributed by atoms with E-state index in [-0.39, 0.29) is 30.1 Å². The second-order valence-corrected chi connectivity index (χ2v) is 6.92. The fraction of sp³-hybridized carbons (Fsp3) is 0.286. The molecule has 0 amide bonds. The summed E-state index contributed by atoms with van der Waals surface area (Å²) in [6, 6.07) is 13.4. The molecule has 28 heavy (non-hydrogen) atoms. The normalized spacial score (nSPS) is 17.3. The van der Waals surface area contributed by atoms with Gasteiger partial charge in [-0.25, -0.2) is 8.78 Å². The predicted octanol–water partition coefficient (Wildman–Crippen LogP) is 3.78. The Kier molecular flexibility index (Phi) is 6.78. The molecule has 1 aliphatic rings. The Morgan fingerprint density at radius 1 is 1.00 bits per heavy atom. The maximum Gasteiger partial charge on any atom is 0.123 e. The summed E-state index contributed by atoms with van der Waals surface area (Å²) in [5.41, 5.74) is 3.10. The molecule has 0 bridgehead atoms. The lowest BCUT2D eigenvalue weighted by atomic mass is 10.0. The highest BCUT2D eigenvalue weighted by molar-refractivity contribution is 5.85. The Morgan fingerprint density at radius 2 is 1.82 bits per heavy atom. The van der Waals surface area contributed by atoms with Crippen LogP contribution in [0.5, 0.6) is 0 Å². The van der Waals surface area contributed by atoms with Gasteiger partial charge in [0.05, 0.1) is 12.7 Å². The molecule has 1 saturated heterocycles. The van der Waals surface area contributed by atoms with Gasteiger partial charge in [0.25, 0.3) is 0 Å². The summed E-state index contributed by atoms with van der Waals surface area (Å²) in [7, 11) is 0. The van der Waals surface area contributed by atoms with Crippen LogP contribution in [0.4, 0.5) is 8.78 Å². The Hall–Kier alpha value is -2.28. The van der Waals surface area contributed by atoms with Crippen molar-refractivity contribution in [3.05, 3.63) is 89.2 Å². The zero-order valence-corrected chi connectivity index (χ0v) is 16.2. The maximum atomic E-state index is 13.6. The summed E-state index contributed by atoms with van der Waals surface area (Å²) in [5.74, 6) is -0.438. The number of piperazine rings is 1. The zero-order chi connectivity index (χ0) is 18.6. The predicted molar refractivity (Wildman–Crippen MR) is 107 cm³/mol. The molecular weight excluding hydrogens is 382 g/mol. The Labute approximate surface area is 169 Å². The monoisotopic (exact) mass is 404 g/mol. The van der Waals surface area contributed by atoms with E-state index in [0.717, 1.165) is 42.9 Å². The molecule has 2 aromatic carbocycles. The standard InChI is InChI=1S/C21H22F2N4.ClH/c22-19-6-4-16(5-7-19)14-27-15-17(11-25-27)13-26-9-8-24-12-21(26)18-2-1-3-20(23)10-18;/h1-7,10-11,15,21,24H,8-9,12-14H2;1H. The summed E-state index contributed by atoms with van der Waals surface area (Å²) < 4.78 is 28.5. The molecule has 1 N–H and O–H groups in total. The molecule has 1 unspecified atom stereocenters. The Morgan fingerprint density at radius 3 is 2.61 bits per heavy atom. The fourth-order valence-corrected chi connectivity index (χ4v) is 3.56. The van der Waals surface area contributed by atoms with E-state index in [9.17, 15) is 8.78 Å². The van der Waals surface area contributed by atoms with Gasteiger partial charge in [0.15, 0.2) is 0 Å². The first-order valence-electron chi connectivity index (χ1n) is 9.13. The SMILES string of the molecule is Cl.Fc1ccc(Cn2cc(CN3CCNCC3c3cccc(F)c3)cn2)cc1. The molecule has 1 aromatic heterocycles. The molecule has 0 spiro atoms. The minimum Gasteiger partial charge on any atom is -0.314 e. The van der Waals surface area contributed by atoms with Crippen LogP contribution in [0.1, 0.15) is 22.7 Å². The van der Waals surface area contributed by atoms with E-state index in [1.807, 2.05) is 23.1 Å². The Bertz CT molecular complexity index is 897. The topological polar surface area (TPSA) is 33.1 Å². The first-order valence-corrected chi connectivity index (χ1v) is 9.13. The van der Waals surface area contributed by atoms with Gasteiger partial charge < -0.3 is 5.32 Å². The first-order chi connectivity index (χ1) is 13.2. The Balaban J connectivity index is 0.00000225. The lowest BCUT2D eigenvalue weighted by molar-refractivity contribution is 0.153. The molecule has 0 radical (unpaired) electrons. The van der Waals surface area contributed by atoms with Gasteiger partial charge in [0.1, 0.15) is 11.6 Å². The highest BCUT2D eigenvalue weighted by atomic mass is 35.5. The van der Waals surface area contributed by atoms with Crippen LogP contribution in [0.25, 0.3) is 0 Å². The third-order valence-corrected chi connectivity index (χ3v) is 4.92. The number of hydrogen-bond acceptors (Lipinski definition) is 3. The van der Waals surface area contributed by atoms with Crippen molar-refractivity contribution in [1.29, 1.82) is 0 Å². The number of hydrogen-bond donors (Lipinski definition) is 1. The van der Waals surface area contributed by atoms with Gasteiger partial charge in [0.2, 0.25) is 0 Å². The fourth-order valence-electron chi connectivity index (χ4n) is 3.56. The van der Waals surface area contributed by atoms with Gasteiger partial charge in [-0.3, -0.25) is 9.58 Å². The van der Waals surface area contributed by atoms with Crippen molar-refractivity contribution in [2.75, 3.05) is 19.6 Å². The van der Waals surface area contributed by atoms with Crippen molar-refractivity contribution in [2.45, 2.75) is 19.1 Å². The van der Waals surface area contributed by atoms with Crippen molar-refractivity contribution < 1.29 is 8.78 Å². The molecule has 0 aliphatic carbocycles. The molecule has 148 valence electrons. The van der Waals surface area contributed by atoms with Crippen LogP contribution in [0.2, 0.25) is 0 Å². The largest absolute Gasteiger partial charge is 0.314 e. The molecule has 1 aliphatic heterocycles. The molecule has 1 fully saturated rings. The molecule has 0 saturated carbocycles. The van der Waals surface area contributed by atoms with Gasteiger partial charge in [-0.2, -0.15) is 5.10 Å². The van der Waals surface area contributed by atoms with Crippen LogP contribution in [-0.2, 0) is 13.1 Å². The number of nitrogens with zero attached hydrogens (tertiary/aromatic N) is 3. The average molecular weight is 405 g/mol. The summed E-state index contributed by atoms with van der Waals surface area (Å²) in [4.78, 5) is 2.35. The average Bonchev–Trinajstić information content (AvgIpc) is 3.11. The van der Waals surface area contributed by atoms with Gasteiger partial charge in [-0.15, -0.1) is 12.4 Å². The number of rotatable bonds is 5. The van der Waals surface area contributed by atoms with Gasteiger partial charge in [-0.05, 0) is 35.4 Å². The van der Waals surface area contributed by atoms with Crippen molar-refractivity contribution in [3.8, 4) is 0 Å². The van der Waals surface area contributed by atoms with E-state index >= 15 is 0 Å². The minimum atomic E-state index is -0.234. The molecular formula is C21H23ClF2N4. The van der Waals surface area contributed by atoms with E-state index in [0.29, 0.717) is 6.54 Å². The number of halogens is 3. The van der Waals surface area contributed by atoms with Crippen LogP contribution >= 0.6 is 12.4 Å². The van der Waals surface area contributed by atoms with Gasteiger partial charge in [0, 0.05) is 44.0 Å². The summed E-state index contributed by atoms with van der Waals surface area (Å²) in [6.07, 6.45) is 3.89. The number of aromatic nitrogens is 2. The molecule has 1 atom stereocenters. The minimum absolute atomic E-state index is 0.